The Balaban J connectivity index is 1.48. The van der Waals surface area contributed by atoms with Gasteiger partial charge in [0.1, 0.15) is 18.1 Å². The first-order valence-electron chi connectivity index (χ1n) is 11.3. The summed E-state index contributed by atoms with van der Waals surface area (Å²) in [4.78, 5) is 31.4. The minimum atomic E-state index is -0.647. The number of thiophene rings is 1. The van der Waals surface area contributed by atoms with E-state index in [1.54, 1.807) is 46.6 Å². The minimum Gasteiger partial charge on any atom is -0.467 e. The number of fused-ring (bicyclic) bond motifs is 1. The van der Waals surface area contributed by atoms with Crippen molar-refractivity contribution in [3.63, 3.8) is 0 Å². The van der Waals surface area contributed by atoms with Gasteiger partial charge in [-0.15, -0.1) is 11.3 Å². The van der Waals surface area contributed by atoms with Crippen LogP contribution in [0, 0.1) is 5.82 Å². The highest BCUT2D eigenvalue weighted by molar-refractivity contribution is 7.10. The molecule has 0 aliphatic carbocycles. The zero-order valence-electron chi connectivity index (χ0n) is 19.0. The molecular formula is C27H21Cl2FN2O3S. The van der Waals surface area contributed by atoms with Crippen LogP contribution in [0.3, 0.4) is 0 Å². The van der Waals surface area contributed by atoms with Gasteiger partial charge in [0.15, 0.2) is 0 Å². The Morgan fingerprint density at radius 1 is 1.08 bits per heavy atom. The summed E-state index contributed by atoms with van der Waals surface area (Å²) in [5.41, 5.74) is 1.65. The first-order chi connectivity index (χ1) is 17.4. The third kappa shape index (κ3) is 4.91. The van der Waals surface area contributed by atoms with Gasteiger partial charge in [0.05, 0.1) is 24.4 Å². The van der Waals surface area contributed by atoms with Crippen molar-refractivity contribution >= 4 is 46.4 Å². The largest absolute Gasteiger partial charge is 0.467 e. The van der Waals surface area contributed by atoms with E-state index >= 15 is 0 Å². The molecule has 184 valence electrons. The summed E-state index contributed by atoms with van der Waals surface area (Å²) in [5.74, 6) is -1.03. The molecule has 0 bridgehead atoms. The van der Waals surface area contributed by atoms with Gasteiger partial charge < -0.3 is 14.2 Å². The summed E-state index contributed by atoms with van der Waals surface area (Å²) in [6.45, 7) is 0.226. The number of carbonyl (C=O) groups is 2. The van der Waals surface area contributed by atoms with Gasteiger partial charge in [-0.2, -0.15) is 0 Å². The Morgan fingerprint density at radius 2 is 1.92 bits per heavy atom. The third-order valence-electron chi connectivity index (χ3n) is 6.19. The first-order valence-corrected chi connectivity index (χ1v) is 12.9. The fourth-order valence-electron chi connectivity index (χ4n) is 4.49. The Hall–Kier alpha value is -3.13. The molecule has 5 rings (SSSR count). The number of carbonyl (C=O) groups excluding carboxylic acids is 2. The minimum absolute atomic E-state index is 0.0236. The number of furan rings is 1. The SMILES string of the molecule is O=C(c1ccccc1F)N(CC(=O)N1CCc2sccc2C1c1ccc(Cl)cc1Cl)Cc1ccco1. The van der Waals surface area contributed by atoms with Gasteiger partial charge in [0.2, 0.25) is 5.91 Å². The fourth-order valence-corrected chi connectivity index (χ4v) is 5.91. The molecule has 0 saturated carbocycles. The van der Waals surface area contributed by atoms with Crippen LogP contribution in [-0.4, -0.2) is 34.7 Å². The van der Waals surface area contributed by atoms with Crippen LogP contribution in [0.4, 0.5) is 4.39 Å². The van der Waals surface area contributed by atoms with Gasteiger partial charge >= 0.3 is 0 Å². The second kappa shape index (κ2) is 10.5. The lowest BCUT2D eigenvalue weighted by atomic mass is 9.93. The van der Waals surface area contributed by atoms with Gasteiger partial charge in [0, 0.05) is 21.5 Å². The van der Waals surface area contributed by atoms with Gasteiger partial charge in [-0.25, -0.2) is 4.39 Å². The van der Waals surface area contributed by atoms with E-state index in [1.165, 1.54) is 34.2 Å². The smallest absolute Gasteiger partial charge is 0.257 e. The molecule has 1 unspecified atom stereocenters. The predicted molar refractivity (Wildman–Crippen MR) is 138 cm³/mol. The maximum atomic E-state index is 14.5. The molecule has 0 fully saturated rings. The van der Waals surface area contributed by atoms with E-state index in [4.69, 9.17) is 27.6 Å². The molecule has 0 saturated heterocycles. The van der Waals surface area contributed by atoms with Crippen molar-refractivity contribution < 1.29 is 18.4 Å². The maximum Gasteiger partial charge on any atom is 0.257 e. The van der Waals surface area contributed by atoms with Crippen molar-refractivity contribution in [1.82, 2.24) is 9.80 Å². The Morgan fingerprint density at radius 3 is 2.67 bits per heavy atom. The fraction of sp³-hybridized carbons (Fsp3) is 0.185. The first kappa shape index (κ1) is 24.6. The summed E-state index contributed by atoms with van der Waals surface area (Å²) in [7, 11) is 0. The van der Waals surface area contributed by atoms with Crippen molar-refractivity contribution in [3.8, 4) is 0 Å². The van der Waals surface area contributed by atoms with E-state index in [2.05, 4.69) is 0 Å². The zero-order valence-corrected chi connectivity index (χ0v) is 21.3. The van der Waals surface area contributed by atoms with Gasteiger partial charge in [-0.3, -0.25) is 9.59 Å². The van der Waals surface area contributed by atoms with E-state index in [-0.39, 0.29) is 24.6 Å². The highest BCUT2D eigenvalue weighted by Crippen LogP contribution is 2.41. The van der Waals surface area contributed by atoms with Crippen LogP contribution in [0.1, 0.15) is 38.2 Å². The number of hydrogen-bond acceptors (Lipinski definition) is 4. The van der Waals surface area contributed by atoms with E-state index in [9.17, 15) is 14.0 Å². The Labute approximate surface area is 221 Å². The van der Waals surface area contributed by atoms with Crippen LogP contribution >= 0.6 is 34.5 Å². The molecule has 1 aliphatic rings. The zero-order chi connectivity index (χ0) is 25.2. The van der Waals surface area contributed by atoms with Gasteiger partial charge in [0.25, 0.3) is 5.91 Å². The van der Waals surface area contributed by atoms with Crippen molar-refractivity contribution in [2.75, 3.05) is 13.1 Å². The molecule has 9 heteroatoms. The summed E-state index contributed by atoms with van der Waals surface area (Å²) < 4.78 is 19.9. The molecule has 3 heterocycles. The summed E-state index contributed by atoms with van der Waals surface area (Å²) in [6, 6.07) is 16.0. The highest BCUT2D eigenvalue weighted by Gasteiger charge is 2.35. The monoisotopic (exact) mass is 542 g/mol. The number of halogens is 3. The molecule has 2 amide bonds. The molecular weight excluding hydrogens is 522 g/mol. The lowest BCUT2D eigenvalue weighted by Crippen LogP contribution is -2.46. The number of hydrogen-bond donors (Lipinski definition) is 0. The second-order valence-electron chi connectivity index (χ2n) is 8.43. The average Bonchev–Trinajstić information content (AvgIpc) is 3.55. The van der Waals surface area contributed by atoms with Crippen LogP contribution < -0.4 is 0 Å². The molecule has 2 aromatic heterocycles. The quantitative estimate of drug-likeness (QED) is 0.275. The van der Waals surface area contributed by atoms with Crippen molar-refractivity contribution in [1.29, 1.82) is 0 Å². The van der Waals surface area contributed by atoms with Crippen LogP contribution in [0.5, 0.6) is 0 Å². The van der Waals surface area contributed by atoms with Crippen molar-refractivity contribution in [3.05, 3.63) is 115 Å². The molecule has 0 N–H and O–H groups in total. The number of amides is 2. The van der Waals surface area contributed by atoms with Gasteiger partial charge in [-0.05, 0) is 65.4 Å². The average molecular weight is 543 g/mol. The lowest BCUT2D eigenvalue weighted by molar-refractivity contribution is -0.134. The van der Waals surface area contributed by atoms with Crippen LogP contribution in [0.2, 0.25) is 10.0 Å². The van der Waals surface area contributed by atoms with Crippen LogP contribution in [0.25, 0.3) is 0 Å². The molecule has 4 aromatic rings. The molecule has 2 aromatic carbocycles. The van der Waals surface area contributed by atoms with E-state index in [0.717, 1.165) is 11.1 Å². The molecule has 36 heavy (non-hydrogen) atoms. The van der Waals surface area contributed by atoms with Crippen molar-refractivity contribution in [2.45, 2.75) is 19.0 Å². The Kier molecular flexibility index (Phi) is 7.14. The van der Waals surface area contributed by atoms with Crippen molar-refractivity contribution in [2.24, 2.45) is 0 Å². The third-order valence-corrected chi connectivity index (χ3v) is 7.75. The second-order valence-corrected chi connectivity index (χ2v) is 10.3. The number of nitrogens with zero attached hydrogens (tertiary/aromatic N) is 2. The standard InChI is InChI=1S/C27H21Cl2FN2O3S/c28-17-7-8-19(22(29)14-17)26-21-10-13-36-24(21)9-11-32(26)25(33)16-31(15-18-4-3-12-35-18)27(34)20-5-1-2-6-23(20)30/h1-8,10,12-14,26H,9,11,15-16H2. The highest BCUT2D eigenvalue weighted by atomic mass is 35.5. The molecule has 1 atom stereocenters. The maximum absolute atomic E-state index is 14.5. The molecule has 5 nitrogen and oxygen atoms in total. The van der Waals surface area contributed by atoms with Gasteiger partial charge in [-0.1, -0.05) is 41.4 Å². The summed E-state index contributed by atoms with van der Waals surface area (Å²) in [6.07, 6.45) is 2.18. The number of rotatable bonds is 6. The predicted octanol–water partition coefficient (Wildman–Crippen LogP) is 6.60. The molecule has 0 radical (unpaired) electrons. The number of benzene rings is 2. The summed E-state index contributed by atoms with van der Waals surface area (Å²) >= 11 is 14.3. The lowest BCUT2D eigenvalue weighted by Gasteiger charge is -2.38. The molecule has 0 spiro atoms. The summed E-state index contributed by atoms with van der Waals surface area (Å²) in [5, 5.41) is 2.96. The van der Waals surface area contributed by atoms with E-state index in [1.807, 2.05) is 17.5 Å². The molecule has 1 aliphatic heterocycles. The van der Waals surface area contributed by atoms with E-state index < -0.39 is 17.8 Å². The Bertz CT molecular complexity index is 1410. The van der Waals surface area contributed by atoms with Crippen LogP contribution in [0.15, 0.2) is 76.7 Å². The normalized spacial score (nSPS) is 15.0. The van der Waals surface area contributed by atoms with E-state index in [0.29, 0.717) is 28.8 Å². The topological polar surface area (TPSA) is 53.8 Å². The van der Waals surface area contributed by atoms with Crippen LogP contribution in [-0.2, 0) is 17.8 Å².